The molecule has 2 aromatic rings. The fourth-order valence-electron chi connectivity index (χ4n) is 2.87. The Hall–Kier alpha value is -1.60. The maximum absolute atomic E-state index is 5.89. The highest BCUT2D eigenvalue weighted by Crippen LogP contribution is 2.52. The lowest BCUT2D eigenvalue weighted by atomic mass is 9.94. The molecule has 0 saturated carbocycles. The van der Waals surface area contributed by atoms with Crippen molar-refractivity contribution in [3.05, 3.63) is 70.3 Å². The van der Waals surface area contributed by atoms with Crippen molar-refractivity contribution in [3.63, 3.8) is 0 Å². The van der Waals surface area contributed by atoms with Gasteiger partial charge in [-0.25, -0.2) is 0 Å². The normalized spacial score (nSPS) is 21.9. The number of ether oxygens (including phenoxy) is 1. The molecule has 1 aliphatic rings. The maximum atomic E-state index is 5.89. The van der Waals surface area contributed by atoms with Crippen LogP contribution in [-0.2, 0) is 4.74 Å². The highest BCUT2D eigenvalue weighted by molar-refractivity contribution is 5.42. The molecule has 1 nitrogen and oxygen atoms in total. The molecule has 0 spiro atoms. The number of benzene rings is 2. The molecular formula is C17H18O. The van der Waals surface area contributed by atoms with Crippen LogP contribution >= 0.6 is 0 Å². The Morgan fingerprint density at radius 2 is 1.44 bits per heavy atom. The SMILES string of the molecule is Cc1cc(C)c(C2OC2c2ccccc2)c(C)c1. The third kappa shape index (κ3) is 1.95. The van der Waals surface area contributed by atoms with Gasteiger partial charge in [0.2, 0.25) is 0 Å². The molecule has 0 aliphatic carbocycles. The Labute approximate surface area is 108 Å². The van der Waals surface area contributed by atoms with E-state index in [-0.39, 0.29) is 12.2 Å². The second-order valence-electron chi connectivity index (χ2n) is 5.20. The summed E-state index contributed by atoms with van der Waals surface area (Å²) in [5.41, 5.74) is 6.66. The first kappa shape index (κ1) is 11.5. The quantitative estimate of drug-likeness (QED) is 0.705. The van der Waals surface area contributed by atoms with Crippen LogP contribution in [0.3, 0.4) is 0 Å². The lowest BCUT2D eigenvalue weighted by Crippen LogP contribution is -1.94. The van der Waals surface area contributed by atoms with Gasteiger partial charge in [-0.2, -0.15) is 0 Å². The van der Waals surface area contributed by atoms with Crippen molar-refractivity contribution in [2.24, 2.45) is 0 Å². The first-order valence-electron chi connectivity index (χ1n) is 6.45. The molecule has 1 aliphatic heterocycles. The molecule has 1 fully saturated rings. The summed E-state index contributed by atoms with van der Waals surface area (Å²) in [4.78, 5) is 0. The van der Waals surface area contributed by atoms with Crippen molar-refractivity contribution in [3.8, 4) is 0 Å². The summed E-state index contributed by atoms with van der Waals surface area (Å²) in [5.74, 6) is 0. The van der Waals surface area contributed by atoms with Gasteiger partial charge in [0, 0.05) is 0 Å². The number of rotatable bonds is 2. The standard InChI is InChI=1S/C17H18O/c1-11-9-12(2)15(13(3)10-11)17-16(18-17)14-7-5-4-6-8-14/h4-10,16-17H,1-3H3. The van der Waals surface area contributed by atoms with Crippen LogP contribution in [-0.4, -0.2) is 0 Å². The monoisotopic (exact) mass is 238 g/mol. The fourth-order valence-corrected chi connectivity index (χ4v) is 2.87. The Bertz CT molecular complexity index is 548. The third-order valence-electron chi connectivity index (χ3n) is 3.64. The van der Waals surface area contributed by atoms with Crippen LogP contribution in [0.4, 0.5) is 0 Å². The van der Waals surface area contributed by atoms with Gasteiger partial charge in [0.1, 0.15) is 12.2 Å². The molecule has 1 saturated heterocycles. The molecule has 0 bridgehead atoms. The van der Waals surface area contributed by atoms with E-state index in [2.05, 4.69) is 57.2 Å². The number of hydrogen-bond acceptors (Lipinski definition) is 1. The highest BCUT2D eigenvalue weighted by atomic mass is 16.6. The van der Waals surface area contributed by atoms with E-state index >= 15 is 0 Å². The molecule has 2 unspecified atom stereocenters. The highest BCUT2D eigenvalue weighted by Gasteiger charge is 2.42. The van der Waals surface area contributed by atoms with E-state index in [0.717, 1.165) is 0 Å². The van der Waals surface area contributed by atoms with Crippen molar-refractivity contribution in [1.29, 1.82) is 0 Å². The predicted octanol–water partition coefficient (Wildman–Crippen LogP) is 4.42. The average Bonchev–Trinajstić information content (AvgIpc) is 3.09. The lowest BCUT2D eigenvalue weighted by molar-refractivity contribution is 0.377. The minimum absolute atomic E-state index is 0.242. The zero-order chi connectivity index (χ0) is 12.7. The maximum Gasteiger partial charge on any atom is 0.114 e. The van der Waals surface area contributed by atoms with Crippen LogP contribution in [0.2, 0.25) is 0 Å². The van der Waals surface area contributed by atoms with Gasteiger partial charge in [-0.05, 0) is 43.0 Å². The van der Waals surface area contributed by atoms with E-state index in [9.17, 15) is 0 Å². The van der Waals surface area contributed by atoms with Gasteiger partial charge < -0.3 is 4.74 Å². The van der Waals surface area contributed by atoms with Crippen LogP contribution in [0, 0.1) is 20.8 Å². The molecule has 0 N–H and O–H groups in total. The van der Waals surface area contributed by atoms with Gasteiger partial charge >= 0.3 is 0 Å². The molecule has 0 radical (unpaired) electrons. The summed E-state index contributed by atoms with van der Waals surface area (Å²) in [6, 6.07) is 15.0. The first-order valence-corrected chi connectivity index (χ1v) is 6.45. The molecule has 92 valence electrons. The molecule has 1 heterocycles. The Morgan fingerprint density at radius 1 is 0.833 bits per heavy atom. The van der Waals surface area contributed by atoms with Crippen molar-refractivity contribution >= 4 is 0 Å². The van der Waals surface area contributed by atoms with E-state index in [1.165, 1.54) is 27.8 Å². The van der Waals surface area contributed by atoms with Crippen LogP contribution in [0.15, 0.2) is 42.5 Å². The fraction of sp³-hybridized carbons (Fsp3) is 0.294. The molecule has 0 aromatic heterocycles. The summed E-state index contributed by atoms with van der Waals surface area (Å²) in [6.07, 6.45) is 0.485. The third-order valence-corrected chi connectivity index (χ3v) is 3.64. The van der Waals surface area contributed by atoms with Gasteiger partial charge in [0.15, 0.2) is 0 Å². The molecule has 1 heteroatoms. The van der Waals surface area contributed by atoms with E-state index in [0.29, 0.717) is 0 Å². The van der Waals surface area contributed by atoms with Crippen molar-refractivity contribution in [2.75, 3.05) is 0 Å². The number of hydrogen-bond donors (Lipinski definition) is 0. The van der Waals surface area contributed by atoms with Crippen LogP contribution in [0.1, 0.15) is 40.0 Å². The Morgan fingerprint density at radius 3 is 2.06 bits per heavy atom. The van der Waals surface area contributed by atoms with Gasteiger partial charge in [-0.1, -0.05) is 48.0 Å². The zero-order valence-corrected chi connectivity index (χ0v) is 11.1. The molecule has 2 aromatic carbocycles. The summed E-state index contributed by atoms with van der Waals surface area (Å²) in [6.45, 7) is 6.50. The molecule has 0 amide bonds. The zero-order valence-electron chi connectivity index (χ0n) is 11.1. The summed E-state index contributed by atoms with van der Waals surface area (Å²) < 4.78 is 5.89. The Balaban J connectivity index is 1.91. The van der Waals surface area contributed by atoms with Crippen molar-refractivity contribution in [1.82, 2.24) is 0 Å². The van der Waals surface area contributed by atoms with E-state index in [4.69, 9.17) is 4.74 Å². The van der Waals surface area contributed by atoms with Gasteiger partial charge in [-0.3, -0.25) is 0 Å². The second-order valence-corrected chi connectivity index (χ2v) is 5.20. The summed E-state index contributed by atoms with van der Waals surface area (Å²) >= 11 is 0. The van der Waals surface area contributed by atoms with Crippen LogP contribution in [0.25, 0.3) is 0 Å². The minimum Gasteiger partial charge on any atom is -0.359 e. The number of epoxide rings is 1. The van der Waals surface area contributed by atoms with Gasteiger partial charge in [0.25, 0.3) is 0 Å². The molecule has 2 atom stereocenters. The predicted molar refractivity (Wildman–Crippen MR) is 73.7 cm³/mol. The molecule has 3 rings (SSSR count). The van der Waals surface area contributed by atoms with Crippen LogP contribution in [0.5, 0.6) is 0 Å². The van der Waals surface area contributed by atoms with E-state index < -0.39 is 0 Å². The minimum atomic E-state index is 0.242. The topological polar surface area (TPSA) is 12.5 Å². The summed E-state index contributed by atoms with van der Waals surface area (Å²) in [5, 5.41) is 0. The van der Waals surface area contributed by atoms with E-state index in [1.807, 2.05) is 6.07 Å². The Kier molecular flexibility index (Phi) is 2.71. The smallest absolute Gasteiger partial charge is 0.114 e. The number of aryl methyl sites for hydroxylation is 3. The average molecular weight is 238 g/mol. The second kappa shape index (κ2) is 4.25. The largest absolute Gasteiger partial charge is 0.359 e. The summed E-state index contributed by atoms with van der Waals surface area (Å²) in [7, 11) is 0. The molecule has 18 heavy (non-hydrogen) atoms. The van der Waals surface area contributed by atoms with Crippen molar-refractivity contribution < 1.29 is 4.74 Å². The first-order chi connectivity index (χ1) is 8.66. The molecular weight excluding hydrogens is 220 g/mol. The van der Waals surface area contributed by atoms with Gasteiger partial charge in [-0.15, -0.1) is 0 Å². The van der Waals surface area contributed by atoms with Gasteiger partial charge in [0.05, 0.1) is 0 Å². The lowest BCUT2D eigenvalue weighted by Gasteiger charge is -2.08. The van der Waals surface area contributed by atoms with E-state index in [1.54, 1.807) is 0 Å². The van der Waals surface area contributed by atoms with Crippen molar-refractivity contribution in [2.45, 2.75) is 33.0 Å². The van der Waals surface area contributed by atoms with Crippen LogP contribution < -0.4 is 0 Å².